The topological polar surface area (TPSA) is 38.0 Å². The normalized spacial score (nSPS) is 14.3. The second kappa shape index (κ2) is 4.35. The van der Waals surface area contributed by atoms with Crippen molar-refractivity contribution in [3.63, 3.8) is 0 Å². The number of aromatic nitrogens is 2. The summed E-state index contributed by atoms with van der Waals surface area (Å²) in [7, 11) is 0. The molecule has 1 N–H and O–H groups in total. The summed E-state index contributed by atoms with van der Waals surface area (Å²) in [6.45, 7) is 11.6. The van der Waals surface area contributed by atoms with E-state index in [0.29, 0.717) is 0 Å². The van der Waals surface area contributed by atoms with E-state index < -0.39 is 0 Å². The molecule has 0 amide bonds. The Morgan fingerprint density at radius 1 is 1.47 bits per heavy atom. The van der Waals surface area contributed by atoms with Gasteiger partial charge < -0.3 is 5.11 Å². The van der Waals surface area contributed by atoms with Crippen molar-refractivity contribution in [2.45, 2.75) is 46.6 Å². The standard InChI is InChI=1S/C12H22N2O/c1-9(8-15)7-14-11(12(3,4)5)6-10(2)13-14/h6,9,15H,7-8H2,1-5H3. The minimum absolute atomic E-state index is 0.108. The Bertz CT molecular complexity index is 323. The Labute approximate surface area is 92.1 Å². The van der Waals surface area contributed by atoms with Crippen LogP contribution >= 0.6 is 0 Å². The fourth-order valence-electron chi connectivity index (χ4n) is 1.64. The molecule has 0 bridgehead atoms. The van der Waals surface area contributed by atoms with E-state index in [2.05, 4.69) is 31.9 Å². The van der Waals surface area contributed by atoms with Gasteiger partial charge in [0.1, 0.15) is 0 Å². The van der Waals surface area contributed by atoms with E-state index in [1.54, 1.807) is 0 Å². The summed E-state index contributed by atoms with van der Waals surface area (Å²) in [5.41, 5.74) is 2.39. The van der Waals surface area contributed by atoms with Gasteiger partial charge in [-0.15, -0.1) is 0 Å². The summed E-state index contributed by atoms with van der Waals surface area (Å²) in [6.07, 6.45) is 0. The van der Waals surface area contributed by atoms with E-state index in [0.717, 1.165) is 12.2 Å². The molecule has 0 aliphatic heterocycles. The molecule has 0 saturated carbocycles. The smallest absolute Gasteiger partial charge is 0.0596 e. The predicted octanol–water partition coefficient (Wildman–Crippen LogP) is 2.12. The second-order valence-corrected chi connectivity index (χ2v) is 5.39. The van der Waals surface area contributed by atoms with Crippen molar-refractivity contribution in [3.8, 4) is 0 Å². The van der Waals surface area contributed by atoms with Crippen molar-refractivity contribution in [1.29, 1.82) is 0 Å². The van der Waals surface area contributed by atoms with Crippen LogP contribution in [0.25, 0.3) is 0 Å². The minimum Gasteiger partial charge on any atom is -0.396 e. The summed E-state index contributed by atoms with van der Waals surface area (Å²) in [5, 5.41) is 13.5. The summed E-state index contributed by atoms with van der Waals surface area (Å²) in [6, 6.07) is 2.13. The molecule has 1 aromatic rings. The maximum Gasteiger partial charge on any atom is 0.0596 e. The van der Waals surface area contributed by atoms with Gasteiger partial charge in [-0.25, -0.2) is 0 Å². The highest BCUT2D eigenvalue weighted by molar-refractivity contribution is 5.17. The summed E-state index contributed by atoms with van der Waals surface area (Å²) < 4.78 is 2.02. The van der Waals surface area contributed by atoms with Crippen molar-refractivity contribution < 1.29 is 5.11 Å². The lowest BCUT2D eigenvalue weighted by Crippen LogP contribution is -2.21. The molecule has 1 aromatic heterocycles. The van der Waals surface area contributed by atoms with Gasteiger partial charge in [0.2, 0.25) is 0 Å². The van der Waals surface area contributed by atoms with E-state index in [-0.39, 0.29) is 17.9 Å². The Hall–Kier alpha value is -0.830. The molecule has 1 unspecified atom stereocenters. The van der Waals surface area contributed by atoms with E-state index in [4.69, 9.17) is 5.11 Å². The first-order valence-electron chi connectivity index (χ1n) is 5.50. The van der Waals surface area contributed by atoms with Crippen LogP contribution in [0.2, 0.25) is 0 Å². The van der Waals surface area contributed by atoms with E-state index in [1.807, 2.05) is 18.5 Å². The number of aryl methyl sites for hydroxylation is 1. The third kappa shape index (κ3) is 3.06. The molecule has 1 atom stereocenters. The molecule has 86 valence electrons. The molecule has 15 heavy (non-hydrogen) atoms. The van der Waals surface area contributed by atoms with Gasteiger partial charge >= 0.3 is 0 Å². The van der Waals surface area contributed by atoms with E-state index in [1.165, 1.54) is 5.69 Å². The van der Waals surface area contributed by atoms with Crippen molar-refractivity contribution in [2.24, 2.45) is 5.92 Å². The van der Waals surface area contributed by atoms with Crippen molar-refractivity contribution in [1.82, 2.24) is 9.78 Å². The predicted molar refractivity (Wildman–Crippen MR) is 61.9 cm³/mol. The monoisotopic (exact) mass is 210 g/mol. The number of rotatable bonds is 3. The van der Waals surface area contributed by atoms with Crippen LogP contribution in [0.1, 0.15) is 39.1 Å². The Morgan fingerprint density at radius 2 is 2.07 bits per heavy atom. The van der Waals surface area contributed by atoms with E-state index >= 15 is 0 Å². The molecular formula is C12H22N2O. The minimum atomic E-state index is 0.108. The Kier molecular flexibility index (Phi) is 3.55. The molecule has 1 heterocycles. The number of aliphatic hydroxyl groups excluding tert-OH is 1. The van der Waals surface area contributed by atoms with Gasteiger partial charge in [0.15, 0.2) is 0 Å². The number of nitrogens with zero attached hydrogens (tertiary/aromatic N) is 2. The van der Waals surface area contributed by atoms with Crippen LogP contribution in [0.15, 0.2) is 6.07 Å². The largest absolute Gasteiger partial charge is 0.396 e. The summed E-state index contributed by atoms with van der Waals surface area (Å²) in [5.74, 6) is 0.255. The number of hydrogen-bond donors (Lipinski definition) is 1. The maximum absolute atomic E-state index is 9.06. The van der Waals surface area contributed by atoms with Crippen LogP contribution < -0.4 is 0 Å². The summed E-state index contributed by atoms with van der Waals surface area (Å²) in [4.78, 5) is 0. The molecule has 0 saturated heterocycles. The van der Waals surface area contributed by atoms with E-state index in [9.17, 15) is 0 Å². The molecule has 3 heteroatoms. The van der Waals surface area contributed by atoms with Gasteiger partial charge in [-0.05, 0) is 18.9 Å². The maximum atomic E-state index is 9.06. The van der Waals surface area contributed by atoms with Gasteiger partial charge in [0.05, 0.1) is 5.69 Å². The van der Waals surface area contributed by atoms with Crippen molar-refractivity contribution in [3.05, 3.63) is 17.5 Å². The summed E-state index contributed by atoms with van der Waals surface area (Å²) >= 11 is 0. The first-order chi connectivity index (χ1) is 6.84. The second-order valence-electron chi connectivity index (χ2n) is 5.39. The van der Waals surface area contributed by atoms with Crippen LogP contribution in [0, 0.1) is 12.8 Å². The van der Waals surface area contributed by atoms with Crippen LogP contribution in [0.5, 0.6) is 0 Å². The van der Waals surface area contributed by atoms with Gasteiger partial charge in [-0.3, -0.25) is 4.68 Å². The van der Waals surface area contributed by atoms with Gasteiger partial charge in [-0.2, -0.15) is 5.10 Å². The van der Waals surface area contributed by atoms with Crippen LogP contribution in [0.4, 0.5) is 0 Å². The molecule has 0 radical (unpaired) electrons. The first-order valence-corrected chi connectivity index (χ1v) is 5.50. The fraction of sp³-hybridized carbons (Fsp3) is 0.750. The SMILES string of the molecule is Cc1cc(C(C)(C)C)n(CC(C)CO)n1. The van der Waals surface area contributed by atoms with Gasteiger partial charge in [-0.1, -0.05) is 27.7 Å². The third-order valence-electron chi connectivity index (χ3n) is 2.47. The fourth-order valence-corrected chi connectivity index (χ4v) is 1.64. The van der Waals surface area contributed by atoms with Crippen molar-refractivity contribution in [2.75, 3.05) is 6.61 Å². The average Bonchev–Trinajstić information content (AvgIpc) is 2.45. The molecule has 0 fully saturated rings. The number of aliphatic hydroxyl groups is 1. The quantitative estimate of drug-likeness (QED) is 0.830. The molecule has 1 rings (SSSR count). The zero-order valence-corrected chi connectivity index (χ0v) is 10.4. The van der Waals surface area contributed by atoms with Gasteiger partial charge in [0, 0.05) is 24.3 Å². The highest BCUT2D eigenvalue weighted by Crippen LogP contribution is 2.23. The Morgan fingerprint density at radius 3 is 2.53 bits per heavy atom. The average molecular weight is 210 g/mol. The third-order valence-corrected chi connectivity index (χ3v) is 2.47. The molecule has 0 aliphatic carbocycles. The van der Waals surface area contributed by atoms with Gasteiger partial charge in [0.25, 0.3) is 0 Å². The van der Waals surface area contributed by atoms with Crippen LogP contribution in [0.3, 0.4) is 0 Å². The number of hydrogen-bond acceptors (Lipinski definition) is 2. The zero-order chi connectivity index (χ0) is 11.6. The zero-order valence-electron chi connectivity index (χ0n) is 10.4. The highest BCUT2D eigenvalue weighted by atomic mass is 16.3. The highest BCUT2D eigenvalue weighted by Gasteiger charge is 2.20. The lowest BCUT2D eigenvalue weighted by molar-refractivity contribution is 0.216. The Balaban J connectivity index is 2.96. The molecule has 0 aliphatic rings. The molecule has 3 nitrogen and oxygen atoms in total. The lowest BCUT2D eigenvalue weighted by Gasteiger charge is -2.21. The molecular weight excluding hydrogens is 188 g/mol. The van der Waals surface area contributed by atoms with Crippen LogP contribution in [-0.4, -0.2) is 21.5 Å². The van der Waals surface area contributed by atoms with Crippen molar-refractivity contribution >= 4 is 0 Å². The molecule has 0 aromatic carbocycles. The van der Waals surface area contributed by atoms with Crippen LogP contribution in [-0.2, 0) is 12.0 Å². The first kappa shape index (κ1) is 12.2. The molecule has 0 spiro atoms. The lowest BCUT2D eigenvalue weighted by atomic mass is 9.91.